The minimum atomic E-state index is -0.937. The van der Waals surface area contributed by atoms with Crippen molar-refractivity contribution >= 4 is 17.3 Å². The zero-order chi connectivity index (χ0) is 13.7. The molecular weight excluding hydrogens is 241 g/mol. The number of anilines is 1. The molecule has 1 atom stereocenters. The summed E-state index contributed by atoms with van der Waals surface area (Å²) < 4.78 is 13.1. The molecule has 18 heavy (non-hydrogen) atoms. The second kappa shape index (κ2) is 6.06. The summed E-state index contributed by atoms with van der Waals surface area (Å²) in [7, 11) is 0. The van der Waals surface area contributed by atoms with E-state index in [1.54, 1.807) is 0 Å². The van der Waals surface area contributed by atoms with Gasteiger partial charge in [-0.3, -0.25) is 14.9 Å². The number of rotatable bonds is 5. The van der Waals surface area contributed by atoms with Crippen molar-refractivity contribution in [2.75, 3.05) is 11.9 Å². The largest absolute Gasteiger partial charge is 0.330 e. The highest BCUT2D eigenvalue weighted by Gasteiger charge is 2.15. The van der Waals surface area contributed by atoms with Crippen LogP contribution in [-0.2, 0) is 4.79 Å². The lowest BCUT2D eigenvalue weighted by Gasteiger charge is -2.09. The van der Waals surface area contributed by atoms with E-state index in [1.807, 2.05) is 6.92 Å². The van der Waals surface area contributed by atoms with Crippen LogP contribution >= 0.6 is 0 Å². The molecule has 1 aromatic carbocycles. The summed E-state index contributed by atoms with van der Waals surface area (Å²) in [5, 5.41) is 13.0. The second-order valence-corrected chi connectivity index (χ2v) is 4.02. The molecule has 0 spiro atoms. The Labute approximate surface area is 103 Å². The molecule has 1 unspecified atom stereocenters. The topological polar surface area (TPSA) is 98.3 Å². The second-order valence-electron chi connectivity index (χ2n) is 4.02. The molecule has 0 aliphatic carbocycles. The highest BCUT2D eigenvalue weighted by Crippen LogP contribution is 2.21. The van der Waals surface area contributed by atoms with Gasteiger partial charge in [0.05, 0.1) is 4.92 Å². The lowest BCUT2D eigenvalue weighted by Crippen LogP contribution is -2.20. The van der Waals surface area contributed by atoms with Crippen LogP contribution in [0, 0.1) is 21.8 Å². The summed E-state index contributed by atoms with van der Waals surface area (Å²) in [6, 6.07) is 3.20. The molecule has 0 saturated carbocycles. The predicted molar refractivity (Wildman–Crippen MR) is 64.5 cm³/mol. The average molecular weight is 255 g/mol. The molecular formula is C11H14FN3O3. The zero-order valence-electron chi connectivity index (χ0n) is 9.85. The van der Waals surface area contributed by atoms with E-state index in [-0.39, 0.29) is 23.9 Å². The zero-order valence-corrected chi connectivity index (χ0v) is 9.85. The Morgan fingerprint density at radius 2 is 2.28 bits per heavy atom. The van der Waals surface area contributed by atoms with Crippen molar-refractivity contribution in [3.05, 3.63) is 34.1 Å². The predicted octanol–water partition coefficient (Wildman–Crippen LogP) is 1.66. The number of amides is 1. The minimum absolute atomic E-state index is 0.0143. The van der Waals surface area contributed by atoms with E-state index in [0.717, 1.165) is 12.1 Å². The first-order valence-electron chi connectivity index (χ1n) is 5.38. The van der Waals surface area contributed by atoms with Crippen LogP contribution in [-0.4, -0.2) is 17.4 Å². The van der Waals surface area contributed by atoms with E-state index < -0.39 is 16.4 Å². The van der Waals surface area contributed by atoms with Gasteiger partial charge < -0.3 is 11.1 Å². The summed E-state index contributed by atoms with van der Waals surface area (Å²) in [6.45, 7) is 2.18. The number of carbonyl (C=O) groups is 1. The van der Waals surface area contributed by atoms with Gasteiger partial charge in [0.25, 0.3) is 0 Å². The maximum atomic E-state index is 13.1. The number of nitrogens with one attached hydrogen (secondary N) is 1. The monoisotopic (exact) mass is 255 g/mol. The number of benzene rings is 1. The van der Waals surface area contributed by atoms with Crippen molar-refractivity contribution in [1.82, 2.24) is 0 Å². The molecule has 0 aromatic heterocycles. The summed E-state index contributed by atoms with van der Waals surface area (Å²) >= 11 is 0. The third kappa shape index (κ3) is 3.77. The van der Waals surface area contributed by atoms with Crippen molar-refractivity contribution < 1.29 is 14.1 Å². The number of nitrogens with two attached hydrogens (primary N) is 1. The van der Waals surface area contributed by atoms with Crippen molar-refractivity contribution in [2.24, 2.45) is 11.7 Å². The molecule has 0 saturated heterocycles. The van der Waals surface area contributed by atoms with E-state index in [1.165, 1.54) is 6.07 Å². The quantitative estimate of drug-likeness (QED) is 0.617. The number of nitrogens with zero attached hydrogens (tertiary/aromatic N) is 1. The molecule has 1 rings (SSSR count). The van der Waals surface area contributed by atoms with Gasteiger partial charge in [-0.25, -0.2) is 0 Å². The Balaban J connectivity index is 2.76. The Hall–Kier alpha value is -2.02. The molecule has 0 heterocycles. The summed E-state index contributed by atoms with van der Waals surface area (Å²) in [4.78, 5) is 21.2. The van der Waals surface area contributed by atoms with E-state index in [4.69, 9.17) is 5.73 Å². The molecule has 3 N–H and O–H groups in total. The Kier molecular flexibility index (Phi) is 4.73. The maximum absolute atomic E-state index is 13.1. The van der Waals surface area contributed by atoms with E-state index in [9.17, 15) is 19.3 Å². The molecule has 6 nitrogen and oxygen atoms in total. The first-order valence-corrected chi connectivity index (χ1v) is 5.38. The molecule has 1 aromatic rings. The lowest BCUT2D eigenvalue weighted by molar-refractivity contribution is -0.387. The van der Waals surface area contributed by atoms with Crippen molar-refractivity contribution in [1.29, 1.82) is 0 Å². The molecule has 0 aliphatic rings. The molecule has 7 heteroatoms. The first-order chi connectivity index (χ1) is 8.43. The van der Waals surface area contributed by atoms with E-state index in [2.05, 4.69) is 5.32 Å². The van der Waals surface area contributed by atoms with Crippen LogP contribution in [0.5, 0.6) is 0 Å². The smallest absolute Gasteiger partial charge is 0.306 e. The number of nitro benzene ring substituents is 1. The Bertz CT molecular complexity index is 465. The van der Waals surface area contributed by atoms with Gasteiger partial charge in [0.15, 0.2) is 0 Å². The molecule has 0 fully saturated rings. The summed E-state index contributed by atoms with van der Waals surface area (Å²) in [5.41, 5.74) is 4.90. The number of carbonyl (C=O) groups excluding carboxylic acids is 1. The highest BCUT2D eigenvalue weighted by molar-refractivity contribution is 5.91. The van der Waals surface area contributed by atoms with Gasteiger partial charge in [-0.05, 0) is 24.6 Å². The van der Waals surface area contributed by atoms with E-state index in [0.29, 0.717) is 6.54 Å². The van der Waals surface area contributed by atoms with Crippen LogP contribution in [0.2, 0.25) is 0 Å². The third-order valence-corrected chi connectivity index (χ3v) is 2.36. The molecule has 1 amide bonds. The first kappa shape index (κ1) is 14.0. The fourth-order valence-corrected chi connectivity index (χ4v) is 1.34. The number of hydrogen-bond acceptors (Lipinski definition) is 4. The van der Waals surface area contributed by atoms with Crippen LogP contribution < -0.4 is 11.1 Å². The summed E-state index contributed by atoms with van der Waals surface area (Å²) in [5.74, 6) is -1.23. The van der Waals surface area contributed by atoms with Gasteiger partial charge in [0.2, 0.25) is 11.7 Å². The molecule has 0 aliphatic heterocycles. The Morgan fingerprint density at radius 3 is 2.83 bits per heavy atom. The van der Waals surface area contributed by atoms with Crippen molar-refractivity contribution in [2.45, 2.75) is 13.3 Å². The van der Waals surface area contributed by atoms with Crippen molar-refractivity contribution in [3.8, 4) is 0 Å². The molecule has 0 radical (unpaired) electrons. The fraction of sp³-hybridized carbons (Fsp3) is 0.364. The average Bonchev–Trinajstić information content (AvgIpc) is 2.31. The van der Waals surface area contributed by atoms with Gasteiger partial charge in [-0.1, -0.05) is 6.92 Å². The molecule has 98 valence electrons. The van der Waals surface area contributed by atoms with Gasteiger partial charge >= 0.3 is 5.69 Å². The van der Waals surface area contributed by atoms with Crippen molar-refractivity contribution in [3.63, 3.8) is 0 Å². The standard InChI is InChI=1S/C11H14FN3O3/c1-7(6-13)4-11(16)14-8-2-3-9(12)10(5-8)15(17)18/h2-3,5,7H,4,6,13H2,1H3,(H,14,16). The van der Waals surface area contributed by atoms with Gasteiger partial charge in [-0.15, -0.1) is 0 Å². The van der Waals surface area contributed by atoms with Crippen LogP contribution in [0.25, 0.3) is 0 Å². The van der Waals surface area contributed by atoms with Gasteiger partial charge in [0.1, 0.15) is 0 Å². The fourth-order valence-electron chi connectivity index (χ4n) is 1.34. The van der Waals surface area contributed by atoms with Gasteiger partial charge in [0, 0.05) is 18.2 Å². The number of halogens is 1. The summed E-state index contributed by atoms with van der Waals surface area (Å²) in [6.07, 6.45) is 0.210. The third-order valence-electron chi connectivity index (χ3n) is 2.36. The van der Waals surface area contributed by atoms with Crippen LogP contribution in [0.15, 0.2) is 18.2 Å². The Morgan fingerprint density at radius 1 is 1.61 bits per heavy atom. The number of nitro groups is 1. The highest BCUT2D eigenvalue weighted by atomic mass is 19.1. The van der Waals surface area contributed by atoms with E-state index >= 15 is 0 Å². The SMILES string of the molecule is CC(CN)CC(=O)Nc1ccc(F)c([N+](=O)[O-])c1. The van der Waals surface area contributed by atoms with Crippen LogP contribution in [0.3, 0.4) is 0 Å². The number of hydrogen-bond donors (Lipinski definition) is 2. The molecule has 0 bridgehead atoms. The van der Waals surface area contributed by atoms with Crippen LogP contribution in [0.1, 0.15) is 13.3 Å². The normalized spacial score (nSPS) is 11.9. The minimum Gasteiger partial charge on any atom is -0.330 e. The van der Waals surface area contributed by atoms with Crippen LogP contribution in [0.4, 0.5) is 15.8 Å². The van der Waals surface area contributed by atoms with Gasteiger partial charge in [-0.2, -0.15) is 4.39 Å². The maximum Gasteiger partial charge on any atom is 0.306 e. The lowest BCUT2D eigenvalue weighted by atomic mass is 10.1.